The van der Waals surface area contributed by atoms with Crippen molar-refractivity contribution >= 4 is 22.9 Å². The Hall–Kier alpha value is -2.71. The van der Waals surface area contributed by atoms with Crippen LogP contribution in [-0.4, -0.2) is 46.4 Å². The Labute approximate surface area is 198 Å². The lowest BCUT2D eigenvalue weighted by molar-refractivity contribution is 0.0295. The number of amides is 2. The van der Waals surface area contributed by atoms with Gasteiger partial charge in [-0.25, -0.2) is 4.79 Å². The number of aromatic nitrogens is 2. The number of hydrogen-bond donors (Lipinski definition) is 2. The predicted molar refractivity (Wildman–Crippen MR) is 131 cm³/mol. The molecule has 5 rings (SSSR count). The lowest BCUT2D eigenvalue weighted by atomic mass is 10.0. The second-order valence-corrected chi connectivity index (χ2v) is 10.2. The largest absolute Gasteiger partial charge is 0.400 e. The summed E-state index contributed by atoms with van der Waals surface area (Å²) in [5.41, 5.74) is 11.6. The van der Waals surface area contributed by atoms with Crippen LogP contribution < -0.4 is 11.1 Å². The fourth-order valence-corrected chi connectivity index (χ4v) is 5.83. The second-order valence-electron chi connectivity index (χ2n) is 9.23. The van der Waals surface area contributed by atoms with Gasteiger partial charge in [-0.3, -0.25) is 0 Å². The maximum Gasteiger partial charge on any atom is 0.317 e. The van der Waals surface area contributed by atoms with E-state index in [0.29, 0.717) is 0 Å². The van der Waals surface area contributed by atoms with Crippen LogP contribution in [0.15, 0.2) is 36.0 Å². The zero-order valence-corrected chi connectivity index (χ0v) is 20.0. The average molecular weight is 466 g/mol. The van der Waals surface area contributed by atoms with Crippen LogP contribution in [0.4, 0.5) is 4.79 Å². The molecule has 1 saturated heterocycles. The van der Waals surface area contributed by atoms with Gasteiger partial charge in [-0.2, -0.15) is 0 Å². The molecule has 0 spiro atoms. The number of likely N-dealkylation sites (tertiary alicyclic amines) is 1. The molecule has 7 nitrogen and oxygen atoms in total. The van der Waals surface area contributed by atoms with Crippen LogP contribution in [0.2, 0.25) is 0 Å². The van der Waals surface area contributed by atoms with Crippen molar-refractivity contribution in [2.45, 2.75) is 64.2 Å². The maximum absolute atomic E-state index is 12.6. The molecule has 1 aromatic carbocycles. The number of hydrogen-bond acceptors (Lipinski definition) is 6. The molecule has 2 heterocycles. The van der Waals surface area contributed by atoms with Crippen LogP contribution >= 0.6 is 11.3 Å². The highest BCUT2D eigenvalue weighted by Crippen LogP contribution is 2.40. The van der Waals surface area contributed by atoms with Gasteiger partial charge >= 0.3 is 6.03 Å². The number of carbonyl (C=O) groups is 1. The minimum Gasteiger partial charge on any atom is -0.400 e. The van der Waals surface area contributed by atoms with Gasteiger partial charge < -0.3 is 20.7 Å². The average Bonchev–Trinajstić information content (AvgIpc) is 3.56. The number of nitrogens with zero attached hydrogens (tertiary/aromatic N) is 3. The fourth-order valence-electron chi connectivity index (χ4n) is 4.93. The third-order valence-corrected chi connectivity index (χ3v) is 7.55. The Morgan fingerprint density at radius 3 is 2.79 bits per heavy atom. The van der Waals surface area contributed by atoms with Crippen molar-refractivity contribution in [2.24, 2.45) is 5.73 Å². The lowest BCUT2D eigenvalue weighted by Gasteiger charge is -2.23. The topological polar surface area (TPSA) is 93.4 Å². The normalized spacial score (nSPS) is 22.3. The summed E-state index contributed by atoms with van der Waals surface area (Å²) in [6.07, 6.45) is 8.92. The zero-order valence-electron chi connectivity index (χ0n) is 19.2. The van der Waals surface area contributed by atoms with E-state index in [2.05, 4.69) is 39.8 Å². The van der Waals surface area contributed by atoms with E-state index in [0.717, 1.165) is 72.0 Å². The van der Waals surface area contributed by atoms with Crippen molar-refractivity contribution in [1.82, 2.24) is 20.4 Å². The molecule has 3 N–H and O–H groups in total. The van der Waals surface area contributed by atoms with Crippen molar-refractivity contribution in [2.75, 3.05) is 13.1 Å². The van der Waals surface area contributed by atoms with E-state index in [4.69, 9.17) is 10.5 Å². The molecule has 1 aliphatic heterocycles. The monoisotopic (exact) mass is 465 g/mol. The maximum atomic E-state index is 12.6. The number of carbonyl (C=O) groups excluding carboxylic acids is 1. The molecule has 2 amide bonds. The Kier molecular flexibility index (Phi) is 6.21. The van der Waals surface area contributed by atoms with Crippen LogP contribution in [-0.2, 0) is 11.2 Å². The number of ether oxygens (including phenoxy) is 1. The molecule has 8 heteroatoms. The molecule has 0 saturated carbocycles. The molecule has 2 aromatic rings. The van der Waals surface area contributed by atoms with Crippen LogP contribution in [0.5, 0.6) is 0 Å². The van der Waals surface area contributed by atoms with Gasteiger partial charge in [-0.1, -0.05) is 35.6 Å². The van der Waals surface area contributed by atoms with Gasteiger partial charge in [-0.05, 0) is 63.2 Å². The van der Waals surface area contributed by atoms with Crippen LogP contribution in [0.3, 0.4) is 0 Å². The summed E-state index contributed by atoms with van der Waals surface area (Å²) in [4.78, 5) is 14.5. The van der Waals surface area contributed by atoms with Crippen LogP contribution in [0, 0.1) is 0 Å². The lowest BCUT2D eigenvalue weighted by Crippen LogP contribution is -2.39. The molecule has 0 radical (unpaired) electrons. The number of nitrogens with two attached hydrogens (primary N) is 1. The quantitative estimate of drug-likeness (QED) is 0.682. The van der Waals surface area contributed by atoms with Gasteiger partial charge in [0.15, 0.2) is 0 Å². The first-order chi connectivity index (χ1) is 16.0. The van der Waals surface area contributed by atoms with Crippen molar-refractivity contribution in [1.29, 1.82) is 0 Å². The highest BCUT2D eigenvalue weighted by molar-refractivity contribution is 7.15. The summed E-state index contributed by atoms with van der Waals surface area (Å²) < 4.78 is 5.88. The van der Waals surface area contributed by atoms with E-state index in [1.54, 1.807) is 11.3 Å². The fraction of sp³-hybridized carbons (Fsp3) is 0.480. The second kappa shape index (κ2) is 9.27. The van der Waals surface area contributed by atoms with Crippen molar-refractivity contribution in [3.63, 3.8) is 0 Å². The summed E-state index contributed by atoms with van der Waals surface area (Å²) in [6.45, 7) is 5.75. The number of urea groups is 1. The minimum atomic E-state index is -0.0776. The predicted octanol–water partition coefficient (Wildman–Crippen LogP) is 4.42. The smallest absolute Gasteiger partial charge is 0.317 e. The highest BCUT2D eigenvalue weighted by atomic mass is 32.1. The van der Waals surface area contributed by atoms with Crippen molar-refractivity contribution < 1.29 is 9.53 Å². The van der Waals surface area contributed by atoms with Gasteiger partial charge in [-0.15, -0.1) is 10.2 Å². The SMILES string of the molecule is CC(C)OC1CC=C(c2nnc(-c3cccc4c3CC[C@@H]4NC(=O)N3CCCC3)s2)C=C1N. The third-order valence-electron chi connectivity index (χ3n) is 6.55. The van der Waals surface area contributed by atoms with E-state index in [1.165, 1.54) is 11.1 Å². The Balaban J connectivity index is 1.33. The molecule has 3 aliphatic rings. The Morgan fingerprint density at radius 2 is 2.03 bits per heavy atom. The van der Waals surface area contributed by atoms with Crippen molar-refractivity contribution in [3.05, 3.63) is 52.2 Å². The first-order valence-corrected chi connectivity index (χ1v) is 12.7. The van der Waals surface area contributed by atoms with Gasteiger partial charge in [0.05, 0.1) is 12.1 Å². The molecule has 1 fully saturated rings. The summed E-state index contributed by atoms with van der Waals surface area (Å²) in [6, 6.07) is 6.41. The van der Waals surface area contributed by atoms with Crippen LogP contribution in [0.1, 0.15) is 61.7 Å². The molecule has 2 atom stereocenters. The van der Waals surface area contributed by atoms with E-state index >= 15 is 0 Å². The first kappa shape index (κ1) is 22.1. The summed E-state index contributed by atoms with van der Waals surface area (Å²) in [5, 5.41) is 14.0. The molecule has 0 bridgehead atoms. The molecule has 1 aromatic heterocycles. The number of rotatable bonds is 5. The molecule has 174 valence electrons. The first-order valence-electron chi connectivity index (χ1n) is 11.8. The van der Waals surface area contributed by atoms with E-state index in [9.17, 15) is 4.79 Å². The van der Waals surface area contributed by atoms with E-state index in [-0.39, 0.29) is 24.3 Å². The van der Waals surface area contributed by atoms with E-state index < -0.39 is 0 Å². The standard InChI is InChI=1S/C25H31N5O2S/c1-15(2)32-22-11-8-16(14-20(22)26)23-28-29-24(33-23)19-7-5-6-18-17(19)9-10-21(18)27-25(31)30-12-3-4-13-30/h5-8,14-15,21-22H,3-4,9-13,26H2,1-2H3,(H,27,31)/t21-,22?/m0/s1. The Morgan fingerprint density at radius 1 is 1.24 bits per heavy atom. The summed E-state index contributed by atoms with van der Waals surface area (Å²) in [7, 11) is 0. The highest BCUT2D eigenvalue weighted by Gasteiger charge is 2.29. The minimum absolute atomic E-state index is 0.0575. The number of allylic oxidation sites excluding steroid dienone is 2. The number of fused-ring (bicyclic) bond motifs is 1. The number of nitrogens with one attached hydrogen (secondary N) is 1. The molecule has 1 unspecified atom stereocenters. The summed E-state index contributed by atoms with van der Waals surface area (Å²) >= 11 is 1.58. The third kappa shape index (κ3) is 4.54. The van der Waals surface area contributed by atoms with Gasteiger partial charge in [0, 0.05) is 29.9 Å². The van der Waals surface area contributed by atoms with E-state index in [1.807, 2.05) is 24.8 Å². The van der Waals surface area contributed by atoms with Gasteiger partial charge in [0.25, 0.3) is 0 Å². The Bertz CT molecular complexity index is 1100. The zero-order chi connectivity index (χ0) is 22.9. The van der Waals surface area contributed by atoms with Crippen LogP contribution in [0.25, 0.3) is 16.1 Å². The van der Waals surface area contributed by atoms with Gasteiger partial charge in [0.2, 0.25) is 0 Å². The molecular formula is C25H31N5O2S. The molecule has 2 aliphatic carbocycles. The molecular weight excluding hydrogens is 434 g/mol. The van der Waals surface area contributed by atoms with Crippen molar-refractivity contribution in [3.8, 4) is 10.6 Å². The number of benzene rings is 1. The molecule has 33 heavy (non-hydrogen) atoms. The summed E-state index contributed by atoms with van der Waals surface area (Å²) in [5.74, 6) is 0. The van der Waals surface area contributed by atoms with Gasteiger partial charge in [0.1, 0.15) is 16.1 Å².